The van der Waals surface area contributed by atoms with Crippen molar-refractivity contribution in [2.24, 2.45) is 0 Å². The summed E-state index contributed by atoms with van der Waals surface area (Å²) in [4.78, 5) is 75.0. The van der Waals surface area contributed by atoms with E-state index in [9.17, 15) is 57.6 Å². The Morgan fingerprint density at radius 1 is 0.597 bits per heavy atom. The van der Waals surface area contributed by atoms with E-state index in [0.717, 1.165) is 80.3 Å². The molecule has 0 aromatic heterocycles. The Hall–Kier alpha value is -6.46. The molecule has 0 radical (unpaired) electrons. The quantitative estimate of drug-likeness (QED) is 0.0156. The molecule has 4 aromatic carbocycles. The molecule has 0 bridgehead atoms. The van der Waals surface area contributed by atoms with Crippen molar-refractivity contribution in [3.8, 4) is 11.5 Å². The Morgan fingerprint density at radius 2 is 1.06 bits per heavy atom. The zero-order chi connectivity index (χ0) is 48.9. The molecule has 4 rings (SSSR count). The van der Waals surface area contributed by atoms with Gasteiger partial charge in [0.15, 0.2) is 0 Å². The van der Waals surface area contributed by atoms with Crippen LogP contribution in [0.3, 0.4) is 0 Å². The van der Waals surface area contributed by atoms with E-state index in [0.29, 0.717) is 6.42 Å². The van der Waals surface area contributed by atoms with Crippen LogP contribution in [-0.2, 0) is 14.8 Å². The van der Waals surface area contributed by atoms with Crippen LogP contribution in [0.15, 0.2) is 83.8 Å². The molecule has 4 aromatic rings. The Balaban J connectivity index is 1.48. The number of carboxylic acids is 4. The average Bonchev–Trinajstić information content (AvgIpc) is 3.29. The van der Waals surface area contributed by atoms with Crippen LogP contribution in [0.25, 0.3) is 0 Å². The summed E-state index contributed by atoms with van der Waals surface area (Å²) in [7, 11) is -4.63. The summed E-state index contributed by atoms with van der Waals surface area (Å²) in [5.74, 6) is -8.70. The molecule has 0 aliphatic heterocycles. The first-order chi connectivity index (χ1) is 32.0. The highest BCUT2D eigenvalue weighted by molar-refractivity contribution is 7.92. The summed E-state index contributed by atoms with van der Waals surface area (Å²) in [6, 6.07) is 14.4. The molecule has 6 N–H and O–H groups in total. The molecular formula is C49H57ClN2O14S. The maximum atomic E-state index is 14.4. The van der Waals surface area contributed by atoms with Crippen LogP contribution in [0.5, 0.6) is 11.5 Å². The van der Waals surface area contributed by atoms with Gasteiger partial charge in [0.05, 0.1) is 55.7 Å². The molecule has 0 heterocycles. The van der Waals surface area contributed by atoms with Crippen LogP contribution >= 0.6 is 11.6 Å². The number of nitrogens with one attached hydrogen (secondary N) is 2. The minimum absolute atomic E-state index is 0.107. The standard InChI is InChI=1S/C49H57ClN2O14S/c1-2-3-4-5-6-7-8-9-10-11-12-13-14-15-16-19-24-65-42-21-18-17-20-39(42)43(53)44(66-37-29-34(48(59)60)26-35(30-37)49(61)62)45(54)51-41-31-38(22-23-40(41)50)67(63,64)52-36-27-32(46(55)56)25-33(28-36)47(57)58/h17-18,20-23,25-31,44,52H,2-16,19,24H2,1H3,(H,51,54)(H,55,56)(H,57,58)(H,59,60)(H,61,62)/t44-/m0/s1. The van der Waals surface area contributed by atoms with E-state index in [-0.39, 0.29) is 28.6 Å². The zero-order valence-corrected chi connectivity index (χ0v) is 38.8. The summed E-state index contributed by atoms with van der Waals surface area (Å²) in [5.41, 5.74) is -2.97. The molecule has 0 saturated heterocycles. The number of carboxylic acid groups (broad SMARTS) is 4. The lowest BCUT2D eigenvalue weighted by atomic mass is 10.0. The van der Waals surface area contributed by atoms with Crippen molar-refractivity contribution in [2.75, 3.05) is 16.6 Å². The van der Waals surface area contributed by atoms with Crippen molar-refractivity contribution in [3.63, 3.8) is 0 Å². The topological polar surface area (TPSA) is 260 Å². The number of carbonyl (C=O) groups is 6. The summed E-state index contributed by atoms with van der Waals surface area (Å²) >= 11 is 6.38. The molecule has 0 aliphatic rings. The number of amides is 1. The minimum atomic E-state index is -4.63. The van der Waals surface area contributed by atoms with E-state index in [1.807, 2.05) is 0 Å². The molecule has 16 nitrogen and oxygen atoms in total. The number of hydrogen-bond donors (Lipinski definition) is 6. The van der Waals surface area contributed by atoms with Gasteiger partial charge >= 0.3 is 23.9 Å². The van der Waals surface area contributed by atoms with Gasteiger partial charge < -0.3 is 35.2 Å². The van der Waals surface area contributed by atoms with Crippen molar-refractivity contribution in [1.82, 2.24) is 0 Å². The van der Waals surface area contributed by atoms with Crippen LogP contribution in [0, 0.1) is 0 Å². The molecule has 18 heteroatoms. The van der Waals surface area contributed by atoms with E-state index in [1.54, 1.807) is 6.07 Å². The first kappa shape index (κ1) is 53.2. The van der Waals surface area contributed by atoms with Crippen molar-refractivity contribution in [1.29, 1.82) is 0 Å². The van der Waals surface area contributed by atoms with Crippen LogP contribution in [0.4, 0.5) is 11.4 Å². The molecule has 0 saturated carbocycles. The van der Waals surface area contributed by atoms with Gasteiger partial charge in [-0.05, 0) is 73.2 Å². The fourth-order valence-corrected chi connectivity index (χ4v) is 8.39. The predicted molar refractivity (Wildman–Crippen MR) is 252 cm³/mol. The normalized spacial score (nSPS) is 11.6. The Kier molecular flexibility index (Phi) is 21.1. The lowest BCUT2D eigenvalue weighted by Gasteiger charge is -2.20. The van der Waals surface area contributed by atoms with Gasteiger partial charge in [-0.1, -0.05) is 127 Å². The number of Topliss-reactive ketones (excluding diaryl/α,β-unsaturated/α-hetero) is 1. The highest BCUT2D eigenvalue weighted by atomic mass is 35.5. The SMILES string of the molecule is CCCCCCCCCCCCCCCCCCOc1ccccc1C(=O)[C@H](Oc1cc(C(=O)O)cc(C(=O)O)c1)C(=O)Nc1cc(S(=O)(=O)Nc2cc(C(=O)O)cc(C(=O)O)c2)ccc1Cl. The molecule has 0 unspecified atom stereocenters. The van der Waals surface area contributed by atoms with Gasteiger partial charge in [0, 0.05) is 0 Å². The van der Waals surface area contributed by atoms with E-state index in [1.165, 1.54) is 88.8 Å². The van der Waals surface area contributed by atoms with Crippen molar-refractivity contribution in [2.45, 2.75) is 121 Å². The van der Waals surface area contributed by atoms with Gasteiger partial charge in [0.2, 0.25) is 11.9 Å². The second-order valence-corrected chi connectivity index (χ2v) is 18.1. The number of ether oxygens (including phenoxy) is 2. The maximum Gasteiger partial charge on any atom is 0.335 e. The van der Waals surface area contributed by atoms with Crippen molar-refractivity contribution >= 4 is 68.6 Å². The van der Waals surface area contributed by atoms with Gasteiger partial charge in [-0.2, -0.15) is 0 Å². The fraction of sp³-hybridized carbons (Fsp3) is 0.388. The number of unbranched alkanes of at least 4 members (excludes halogenated alkanes) is 15. The number of rotatable bonds is 31. The van der Waals surface area contributed by atoms with Crippen LogP contribution < -0.4 is 19.5 Å². The van der Waals surface area contributed by atoms with Gasteiger partial charge in [-0.15, -0.1) is 0 Å². The second kappa shape index (κ2) is 26.6. The number of sulfonamides is 1. The largest absolute Gasteiger partial charge is 0.493 e. The number of benzene rings is 4. The summed E-state index contributed by atoms with van der Waals surface area (Å²) in [5, 5.41) is 40.4. The van der Waals surface area contributed by atoms with Crippen LogP contribution in [0.1, 0.15) is 161 Å². The Labute approximate surface area is 394 Å². The molecular weight excluding hydrogens is 908 g/mol. The smallest absolute Gasteiger partial charge is 0.335 e. The zero-order valence-electron chi connectivity index (χ0n) is 37.3. The molecule has 0 spiro atoms. The Bertz CT molecular complexity index is 2430. The van der Waals surface area contributed by atoms with Gasteiger partial charge in [0.25, 0.3) is 15.9 Å². The molecule has 0 fully saturated rings. The highest BCUT2D eigenvalue weighted by Crippen LogP contribution is 2.30. The number of aromatic carboxylic acids is 4. The van der Waals surface area contributed by atoms with Crippen LogP contribution in [0.2, 0.25) is 5.02 Å². The van der Waals surface area contributed by atoms with E-state index < -0.39 is 90.3 Å². The van der Waals surface area contributed by atoms with Gasteiger partial charge in [-0.25, -0.2) is 27.6 Å². The van der Waals surface area contributed by atoms with Gasteiger partial charge in [-0.3, -0.25) is 14.3 Å². The lowest BCUT2D eigenvalue weighted by molar-refractivity contribution is -0.120. The lowest BCUT2D eigenvalue weighted by Crippen LogP contribution is -2.40. The van der Waals surface area contributed by atoms with Gasteiger partial charge in [0.1, 0.15) is 11.5 Å². The predicted octanol–water partition coefficient (Wildman–Crippen LogP) is 10.8. The summed E-state index contributed by atoms with van der Waals surface area (Å²) in [6.45, 7) is 2.47. The molecule has 360 valence electrons. The van der Waals surface area contributed by atoms with E-state index >= 15 is 0 Å². The highest BCUT2D eigenvalue weighted by Gasteiger charge is 2.33. The van der Waals surface area contributed by atoms with Crippen molar-refractivity contribution in [3.05, 3.63) is 112 Å². The number of ketones is 1. The first-order valence-corrected chi connectivity index (χ1v) is 24.2. The Morgan fingerprint density at radius 3 is 1.55 bits per heavy atom. The number of hydrogen-bond acceptors (Lipinski definition) is 10. The first-order valence-electron chi connectivity index (χ1n) is 22.3. The maximum absolute atomic E-state index is 14.4. The molecule has 1 atom stereocenters. The molecule has 67 heavy (non-hydrogen) atoms. The summed E-state index contributed by atoms with van der Waals surface area (Å²) in [6.07, 6.45) is 16.9. The third kappa shape index (κ3) is 17.0. The van der Waals surface area contributed by atoms with E-state index in [2.05, 4.69) is 17.0 Å². The number of anilines is 2. The van der Waals surface area contributed by atoms with Crippen LogP contribution in [-0.4, -0.2) is 77.1 Å². The number of para-hydroxylation sites is 1. The van der Waals surface area contributed by atoms with E-state index in [4.69, 9.17) is 21.1 Å². The molecule has 1 amide bonds. The minimum Gasteiger partial charge on any atom is -0.493 e. The van der Waals surface area contributed by atoms with Crippen molar-refractivity contribution < 1.29 is 67.1 Å². The molecule has 0 aliphatic carbocycles. The third-order valence-corrected chi connectivity index (χ3v) is 12.4. The third-order valence-electron chi connectivity index (χ3n) is 10.7. The number of carbonyl (C=O) groups excluding carboxylic acids is 2. The second-order valence-electron chi connectivity index (χ2n) is 16.0. The number of halogens is 1. The monoisotopic (exact) mass is 964 g/mol. The summed E-state index contributed by atoms with van der Waals surface area (Å²) < 4.78 is 40.9. The average molecular weight is 966 g/mol. The fourth-order valence-electron chi connectivity index (χ4n) is 7.16.